The van der Waals surface area contributed by atoms with Crippen LogP contribution in [0.3, 0.4) is 0 Å². The minimum Gasteiger partial charge on any atom is -0.481 e. The lowest BCUT2D eigenvalue weighted by Gasteiger charge is -2.25. The molecule has 0 aromatic heterocycles. The number of ether oxygens (including phenoxy) is 2. The Morgan fingerprint density at radius 2 is 1.02 bits per heavy atom. The highest BCUT2D eigenvalue weighted by atomic mass is 28.3. The fourth-order valence-corrected chi connectivity index (χ4v) is 2.98. The highest BCUT2D eigenvalue weighted by Crippen LogP contribution is 2.40. The van der Waals surface area contributed by atoms with Crippen molar-refractivity contribution in [2.24, 2.45) is 22.2 Å². The molecular weight excluding hydrogens is 613 g/mol. The van der Waals surface area contributed by atoms with Crippen LogP contribution in [0.2, 0.25) is 39.3 Å². The number of esters is 2. The zero-order chi connectivity index (χ0) is 36.5. The fraction of sp³-hybridized carbons (Fsp3) is 0.871. The number of carbonyl (C=O) groups is 4. The van der Waals surface area contributed by atoms with Crippen LogP contribution in [-0.4, -0.2) is 68.9 Å². The predicted octanol–water partition coefficient (Wildman–Crippen LogP) is 8.85. The van der Waals surface area contributed by atoms with Crippen LogP contribution < -0.4 is 0 Å². The monoisotopic (exact) mass is 676 g/mol. The van der Waals surface area contributed by atoms with E-state index in [9.17, 15) is 32.3 Å². The molecule has 0 radical (unpaired) electrons. The number of halogens is 3. The van der Waals surface area contributed by atoms with Gasteiger partial charge in [0, 0.05) is 0 Å². The zero-order valence-electron chi connectivity index (χ0n) is 30.3. The Morgan fingerprint density at radius 1 is 0.659 bits per heavy atom. The van der Waals surface area contributed by atoms with Crippen LogP contribution in [0.5, 0.6) is 0 Å². The molecule has 0 saturated carbocycles. The van der Waals surface area contributed by atoms with Crippen molar-refractivity contribution in [3.63, 3.8) is 0 Å². The van der Waals surface area contributed by atoms with Gasteiger partial charge in [-0.15, -0.1) is 0 Å². The molecule has 8 nitrogen and oxygen atoms in total. The van der Waals surface area contributed by atoms with E-state index < -0.39 is 51.5 Å². The topological polar surface area (TPSA) is 127 Å². The summed E-state index contributed by atoms with van der Waals surface area (Å²) in [4.78, 5) is 43.2. The Bertz CT molecular complexity index is 877. The van der Waals surface area contributed by atoms with Gasteiger partial charge < -0.3 is 19.7 Å². The van der Waals surface area contributed by atoms with Gasteiger partial charge in [0.25, 0.3) is 0 Å². The Balaban J connectivity index is -0.000000246. The molecule has 0 saturated heterocycles. The smallest absolute Gasteiger partial charge is 0.404 e. The van der Waals surface area contributed by atoms with Gasteiger partial charge in [0.15, 0.2) is 5.41 Å². The van der Waals surface area contributed by atoms with Crippen molar-refractivity contribution in [3.05, 3.63) is 0 Å². The quantitative estimate of drug-likeness (QED) is 0.155. The number of alkyl halides is 3. The molecule has 2 N–H and O–H groups in total. The van der Waals surface area contributed by atoms with Gasteiger partial charge in [-0.2, -0.15) is 13.2 Å². The molecule has 0 amide bonds. The standard InChI is InChI=1S/C10H22O2Si.C9H20O2Si.C6H9F3O2.C6H12O2/c1-7-10(2,3)9(11)12-8-13(4,5)6;1-6-8(2)9(10)11-7-12(3,4)5;1-3-5(2,4(10)11)6(7,8)9;1-4-6(2,3)5(7)8/h7-8H2,1-6H3;8H,6-7H2,1-5H3;3H2,1-2H3,(H,10,11);4H2,1-3H3,(H,7,8). The van der Waals surface area contributed by atoms with E-state index in [-0.39, 0.29) is 23.3 Å². The first-order valence-corrected chi connectivity index (χ1v) is 22.6. The van der Waals surface area contributed by atoms with Crippen LogP contribution in [0.25, 0.3) is 0 Å². The van der Waals surface area contributed by atoms with Crippen molar-refractivity contribution in [1.82, 2.24) is 0 Å². The number of carbonyl (C=O) groups excluding carboxylic acids is 2. The normalized spacial score (nSPS) is 14.1. The number of hydrogen-bond acceptors (Lipinski definition) is 6. The van der Waals surface area contributed by atoms with Crippen molar-refractivity contribution in [3.8, 4) is 0 Å². The van der Waals surface area contributed by atoms with Gasteiger partial charge in [-0.1, -0.05) is 73.9 Å². The highest BCUT2D eigenvalue weighted by Gasteiger charge is 2.55. The molecule has 0 fully saturated rings. The molecule has 0 aromatic carbocycles. The molecule has 0 aromatic rings. The summed E-state index contributed by atoms with van der Waals surface area (Å²) >= 11 is 0. The summed E-state index contributed by atoms with van der Waals surface area (Å²) in [6, 6.07) is 0. The van der Waals surface area contributed by atoms with Crippen LogP contribution in [0.15, 0.2) is 0 Å². The third kappa shape index (κ3) is 22.6. The molecule has 0 aliphatic rings. The Labute approximate surface area is 266 Å². The SMILES string of the molecule is CCC(C)(C(=O)O)C(F)(F)F.CCC(C)(C)C(=O)O.CCC(C)(C)C(=O)OC[Si](C)(C)C.CCC(C)C(=O)OC[Si](C)(C)C. The van der Waals surface area contributed by atoms with Gasteiger partial charge >= 0.3 is 30.1 Å². The largest absolute Gasteiger partial charge is 0.481 e. The van der Waals surface area contributed by atoms with Crippen molar-refractivity contribution < 1.29 is 52.0 Å². The summed E-state index contributed by atoms with van der Waals surface area (Å²) in [5.74, 6) is -2.59. The lowest BCUT2D eigenvalue weighted by molar-refractivity contribution is -0.227. The highest BCUT2D eigenvalue weighted by molar-refractivity contribution is 6.76. The second-order valence-corrected chi connectivity index (χ2v) is 25.7. The third-order valence-corrected chi connectivity index (χ3v) is 9.02. The van der Waals surface area contributed by atoms with Gasteiger partial charge in [0.05, 0.1) is 45.4 Å². The van der Waals surface area contributed by atoms with Crippen LogP contribution >= 0.6 is 0 Å². The maximum absolute atomic E-state index is 12.0. The molecule has 0 bridgehead atoms. The molecule has 2 unspecified atom stereocenters. The van der Waals surface area contributed by atoms with Crippen LogP contribution in [0, 0.1) is 22.2 Å². The van der Waals surface area contributed by atoms with E-state index in [0.29, 0.717) is 25.8 Å². The molecule has 0 aliphatic heterocycles. The predicted molar refractivity (Wildman–Crippen MR) is 176 cm³/mol. The summed E-state index contributed by atoms with van der Waals surface area (Å²) in [6.45, 7) is 30.1. The second kappa shape index (κ2) is 20.3. The van der Waals surface area contributed by atoms with E-state index in [2.05, 4.69) is 39.3 Å². The molecule has 0 rings (SSSR count). The molecule has 264 valence electrons. The molecule has 44 heavy (non-hydrogen) atoms. The average molecular weight is 677 g/mol. The molecule has 13 heteroatoms. The number of carboxylic acid groups (broad SMARTS) is 2. The number of aliphatic carboxylic acids is 2. The van der Waals surface area contributed by atoms with E-state index in [4.69, 9.17) is 19.7 Å². The summed E-state index contributed by atoms with van der Waals surface area (Å²) in [6.07, 6.45) is -1.46. The maximum Gasteiger partial charge on any atom is 0.404 e. The molecular formula is C31H63F3O8Si2. The van der Waals surface area contributed by atoms with Gasteiger partial charge in [-0.05, 0) is 60.3 Å². The Hall–Kier alpha value is -1.90. The summed E-state index contributed by atoms with van der Waals surface area (Å²) in [7, 11) is -2.48. The summed E-state index contributed by atoms with van der Waals surface area (Å²) in [5.41, 5.74) is -3.47. The van der Waals surface area contributed by atoms with E-state index in [1.165, 1.54) is 6.92 Å². The third-order valence-electron chi connectivity index (χ3n) is 7.00. The van der Waals surface area contributed by atoms with Gasteiger partial charge in [0.2, 0.25) is 0 Å². The Morgan fingerprint density at radius 3 is 1.20 bits per heavy atom. The van der Waals surface area contributed by atoms with E-state index >= 15 is 0 Å². The Kier molecular flexibility index (Phi) is 22.6. The maximum atomic E-state index is 12.0. The van der Waals surface area contributed by atoms with Crippen molar-refractivity contribution in [2.45, 2.75) is 140 Å². The average Bonchev–Trinajstić information content (AvgIpc) is 2.88. The minimum atomic E-state index is -4.67. The van der Waals surface area contributed by atoms with E-state index in [1.54, 1.807) is 13.8 Å². The van der Waals surface area contributed by atoms with Gasteiger partial charge in [-0.3, -0.25) is 19.2 Å². The number of rotatable bonds is 12. The first kappa shape index (κ1) is 49.0. The first-order valence-electron chi connectivity index (χ1n) is 15.2. The lowest BCUT2D eigenvalue weighted by atomic mass is 9.87. The second-order valence-electron chi connectivity index (χ2n) is 14.9. The van der Waals surface area contributed by atoms with Crippen LogP contribution in [0.1, 0.15) is 94.9 Å². The lowest BCUT2D eigenvalue weighted by Crippen LogP contribution is -2.41. The van der Waals surface area contributed by atoms with Gasteiger partial charge in [0.1, 0.15) is 0 Å². The van der Waals surface area contributed by atoms with Crippen LogP contribution in [-0.2, 0) is 28.7 Å². The molecule has 0 aliphatic carbocycles. The molecule has 0 spiro atoms. The van der Waals surface area contributed by atoms with E-state index in [1.807, 2.05) is 41.5 Å². The zero-order valence-corrected chi connectivity index (χ0v) is 32.3. The summed E-state index contributed by atoms with van der Waals surface area (Å²) in [5, 5.41) is 16.7. The van der Waals surface area contributed by atoms with Crippen molar-refractivity contribution in [1.29, 1.82) is 0 Å². The first-order chi connectivity index (χ1) is 19.3. The van der Waals surface area contributed by atoms with Crippen LogP contribution in [0.4, 0.5) is 13.2 Å². The van der Waals surface area contributed by atoms with Crippen molar-refractivity contribution in [2.75, 3.05) is 12.5 Å². The molecule has 0 heterocycles. The number of carboxylic acids is 2. The van der Waals surface area contributed by atoms with Crippen molar-refractivity contribution >= 4 is 40.0 Å². The number of hydrogen-bond donors (Lipinski definition) is 2. The summed E-state index contributed by atoms with van der Waals surface area (Å²) < 4.78 is 46.4. The minimum absolute atomic E-state index is 0.0417. The van der Waals surface area contributed by atoms with Gasteiger partial charge in [-0.25, -0.2) is 0 Å². The molecule has 2 atom stereocenters. The fourth-order valence-electron chi connectivity index (χ4n) is 1.84. The van der Waals surface area contributed by atoms with E-state index in [0.717, 1.165) is 12.8 Å².